The van der Waals surface area contributed by atoms with Gasteiger partial charge in [-0.15, -0.1) is 0 Å². The molecule has 1 N–H and O–H groups in total. The zero-order valence-corrected chi connectivity index (χ0v) is 9.54. The highest BCUT2D eigenvalue weighted by molar-refractivity contribution is 6.33. The molecule has 1 aromatic rings. The molecule has 0 aromatic heterocycles. The van der Waals surface area contributed by atoms with Crippen molar-refractivity contribution in [2.75, 3.05) is 11.9 Å². The number of halogens is 1. The maximum atomic E-state index is 11.6. The van der Waals surface area contributed by atoms with Crippen molar-refractivity contribution >= 4 is 23.2 Å². The lowest BCUT2D eigenvalue weighted by Gasteiger charge is -2.12. The van der Waals surface area contributed by atoms with Gasteiger partial charge in [-0.1, -0.05) is 23.7 Å². The fourth-order valence-corrected chi connectivity index (χ4v) is 1.31. The van der Waals surface area contributed by atoms with E-state index in [2.05, 4.69) is 5.32 Å². The summed E-state index contributed by atoms with van der Waals surface area (Å²) in [7, 11) is 0. The Morgan fingerprint density at radius 3 is 2.80 bits per heavy atom. The van der Waals surface area contributed by atoms with Crippen molar-refractivity contribution in [3.63, 3.8) is 0 Å². The van der Waals surface area contributed by atoms with Crippen molar-refractivity contribution in [3.8, 4) is 0 Å². The second-order valence-electron chi connectivity index (χ2n) is 3.07. The molecule has 1 aromatic carbocycles. The van der Waals surface area contributed by atoms with Crippen LogP contribution in [0.1, 0.15) is 13.8 Å². The summed E-state index contributed by atoms with van der Waals surface area (Å²) in [5, 5.41) is 3.22. The van der Waals surface area contributed by atoms with Crippen molar-refractivity contribution < 1.29 is 9.53 Å². The number of carbonyl (C=O) groups excluding carboxylic acids is 1. The Morgan fingerprint density at radius 2 is 2.20 bits per heavy atom. The van der Waals surface area contributed by atoms with Gasteiger partial charge in [0.25, 0.3) is 5.91 Å². The number of benzene rings is 1. The summed E-state index contributed by atoms with van der Waals surface area (Å²) in [5.41, 5.74) is 0.607. The zero-order valence-electron chi connectivity index (χ0n) is 8.79. The molecule has 0 spiro atoms. The van der Waals surface area contributed by atoms with Gasteiger partial charge in [-0.25, -0.2) is 0 Å². The molecule has 1 amide bonds. The summed E-state index contributed by atoms with van der Waals surface area (Å²) in [6.45, 7) is 4.06. The largest absolute Gasteiger partial charge is 0.369 e. The van der Waals surface area contributed by atoms with E-state index in [0.717, 1.165) is 0 Å². The Labute approximate surface area is 94.4 Å². The molecule has 0 aliphatic carbocycles. The van der Waals surface area contributed by atoms with Crippen molar-refractivity contribution in [1.29, 1.82) is 0 Å². The molecule has 0 radical (unpaired) electrons. The lowest BCUT2D eigenvalue weighted by atomic mass is 10.3. The van der Waals surface area contributed by atoms with Crippen molar-refractivity contribution in [2.24, 2.45) is 0 Å². The van der Waals surface area contributed by atoms with Crippen molar-refractivity contribution in [2.45, 2.75) is 20.0 Å². The lowest BCUT2D eigenvalue weighted by Crippen LogP contribution is -2.27. The Hall–Kier alpha value is -1.06. The highest BCUT2D eigenvalue weighted by atomic mass is 35.5. The van der Waals surface area contributed by atoms with Crippen molar-refractivity contribution in [3.05, 3.63) is 29.3 Å². The quantitative estimate of drug-likeness (QED) is 0.859. The van der Waals surface area contributed by atoms with Gasteiger partial charge in [0.1, 0.15) is 6.10 Å². The molecule has 0 saturated heterocycles. The minimum absolute atomic E-state index is 0.190. The molecule has 0 bridgehead atoms. The summed E-state index contributed by atoms with van der Waals surface area (Å²) >= 11 is 5.89. The lowest BCUT2D eigenvalue weighted by molar-refractivity contribution is -0.126. The van der Waals surface area contributed by atoms with Gasteiger partial charge in [-0.05, 0) is 26.0 Å². The molecule has 82 valence electrons. The summed E-state index contributed by atoms with van der Waals surface area (Å²) in [6, 6.07) is 7.10. The van der Waals surface area contributed by atoms with Crippen LogP contribution in [0.5, 0.6) is 0 Å². The smallest absolute Gasteiger partial charge is 0.253 e. The number of hydrogen-bond donors (Lipinski definition) is 1. The molecule has 1 rings (SSSR count). The molecule has 0 unspecified atom stereocenters. The number of para-hydroxylation sites is 1. The molecular weight excluding hydrogens is 214 g/mol. The molecule has 0 aliphatic rings. The summed E-state index contributed by atoms with van der Waals surface area (Å²) in [5.74, 6) is -0.190. The normalized spacial score (nSPS) is 12.2. The number of ether oxygens (including phenoxy) is 1. The van der Waals surface area contributed by atoms with Gasteiger partial charge in [-0.2, -0.15) is 0 Å². The van der Waals surface area contributed by atoms with Gasteiger partial charge >= 0.3 is 0 Å². The summed E-state index contributed by atoms with van der Waals surface area (Å²) in [4.78, 5) is 11.6. The first-order valence-electron chi connectivity index (χ1n) is 4.82. The number of amides is 1. The van der Waals surface area contributed by atoms with E-state index in [9.17, 15) is 4.79 Å². The second-order valence-corrected chi connectivity index (χ2v) is 3.47. The first kappa shape index (κ1) is 12.0. The van der Waals surface area contributed by atoms with Crippen LogP contribution in [0.3, 0.4) is 0 Å². The van der Waals surface area contributed by atoms with Gasteiger partial charge < -0.3 is 10.1 Å². The van der Waals surface area contributed by atoms with E-state index in [4.69, 9.17) is 16.3 Å². The molecule has 1 atom stereocenters. The predicted octanol–water partition coefficient (Wildman–Crippen LogP) is 2.70. The molecule has 0 fully saturated rings. The molecule has 15 heavy (non-hydrogen) atoms. The van der Waals surface area contributed by atoms with Gasteiger partial charge in [0.2, 0.25) is 0 Å². The highest BCUT2D eigenvalue weighted by Gasteiger charge is 2.13. The van der Waals surface area contributed by atoms with Gasteiger partial charge in [-0.3, -0.25) is 4.79 Å². The van der Waals surface area contributed by atoms with Crippen LogP contribution < -0.4 is 5.32 Å². The Balaban J connectivity index is 2.62. The average Bonchev–Trinajstić information content (AvgIpc) is 2.21. The van der Waals surface area contributed by atoms with E-state index in [1.54, 1.807) is 19.1 Å². The monoisotopic (exact) mass is 227 g/mol. The minimum atomic E-state index is -0.466. The minimum Gasteiger partial charge on any atom is -0.369 e. The molecule has 3 nitrogen and oxygen atoms in total. The zero-order chi connectivity index (χ0) is 11.3. The Kier molecular flexibility index (Phi) is 4.59. The number of anilines is 1. The maximum Gasteiger partial charge on any atom is 0.253 e. The fourth-order valence-electron chi connectivity index (χ4n) is 1.12. The van der Waals surface area contributed by atoms with Crippen LogP contribution in [-0.2, 0) is 9.53 Å². The van der Waals surface area contributed by atoms with Crippen LogP contribution in [-0.4, -0.2) is 18.6 Å². The van der Waals surface area contributed by atoms with E-state index in [0.29, 0.717) is 17.3 Å². The van der Waals surface area contributed by atoms with E-state index in [1.165, 1.54) is 0 Å². The van der Waals surface area contributed by atoms with Crippen LogP contribution in [0.4, 0.5) is 5.69 Å². The van der Waals surface area contributed by atoms with Gasteiger partial charge in [0.15, 0.2) is 0 Å². The average molecular weight is 228 g/mol. The molecule has 4 heteroatoms. The summed E-state index contributed by atoms with van der Waals surface area (Å²) in [6.07, 6.45) is -0.466. The first-order chi connectivity index (χ1) is 7.15. The number of hydrogen-bond acceptors (Lipinski definition) is 2. The molecule has 0 aliphatic heterocycles. The number of rotatable bonds is 4. The van der Waals surface area contributed by atoms with E-state index >= 15 is 0 Å². The van der Waals surface area contributed by atoms with Crippen LogP contribution in [0.25, 0.3) is 0 Å². The SMILES string of the molecule is CCO[C@H](C)C(=O)Nc1ccccc1Cl. The van der Waals surface area contributed by atoms with Crippen LogP contribution in [0, 0.1) is 0 Å². The third kappa shape index (κ3) is 3.53. The van der Waals surface area contributed by atoms with Crippen LogP contribution >= 0.6 is 11.6 Å². The Morgan fingerprint density at radius 1 is 1.53 bits per heavy atom. The van der Waals surface area contributed by atoms with Crippen LogP contribution in [0.15, 0.2) is 24.3 Å². The second kappa shape index (κ2) is 5.73. The molecule has 0 heterocycles. The van der Waals surface area contributed by atoms with Gasteiger partial charge in [0, 0.05) is 6.61 Å². The van der Waals surface area contributed by atoms with E-state index in [-0.39, 0.29) is 5.91 Å². The number of nitrogens with one attached hydrogen (secondary N) is 1. The van der Waals surface area contributed by atoms with E-state index in [1.807, 2.05) is 19.1 Å². The third-order valence-electron chi connectivity index (χ3n) is 1.92. The van der Waals surface area contributed by atoms with E-state index < -0.39 is 6.10 Å². The topological polar surface area (TPSA) is 38.3 Å². The molecular formula is C11H14ClNO2. The number of carbonyl (C=O) groups is 1. The Bertz CT molecular complexity index is 341. The standard InChI is InChI=1S/C11H14ClNO2/c1-3-15-8(2)11(14)13-10-7-5-4-6-9(10)12/h4-8H,3H2,1-2H3,(H,13,14)/t8-/m1/s1. The fraction of sp³-hybridized carbons (Fsp3) is 0.364. The predicted molar refractivity (Wildman–Crippen MR) is 61.2 cm³/mol. The van der Waals surface area contributed by atoms with Crippen LogP contribution in [0.2, 0.25) is 5.02 Å². The maximum absolute atomic E-state index is 11.6. The highest BCUT2D eigenvalue weighted by Crippen LogP contribution is 2.20. The van der Waals surface area contributed by atoms with Gasteiger partial charge in [0.05, 0.1) is 10.7 Å². The third-order valence-corrected chi connectivity index (χ3v) is 2.25. The first-order valence-corrected chi connectivity index (χ1v) is 5.20. The molecule has 0 saturated carbocycles. The summed E-state index contributed by atoms with van der Waals surface area (Å²) < 4.78 is 5.16. The van der Waals surface area contributed by atoms with Crippen molar-refractivity contribution in [1.82, 2.24) is 0 Å².